The van der Waals surface area contributed by atoms with Gasteiger partial charge in [0.05, 0.1) is 5.70 Å². The van der Waals surface area contributed by atoms with Crippen LogP contribution < -0.4 is 5.43 Å². The van der Waals surface area contributed by atoms with Gasteiger partial charge in [0.15, 0.2) is 5.82 Å². The quantitative estimate of drug-likeness (QED) is 0.779. The molecule has 1 aliphatic rings. The third-order valence-electron chi connectivity index (χ3n) is 3.62. The van der Waals surface area contributed by atoms with E-state index < -0.39 is 0 Å². The van der Waals surface area contributed by atoms with E-state index in [0.717, 1.165) is 22.2 Å². The topological polar surface area (TPSA) is 42.7 Å². The van der Waals surface area contributed by atoms with Crippen molar-refractivity contribution in [3.8, 4) is 11.4 Å². The smallest absolute Gasteiger partial charge is 0.214 e. The number of thioether (sulfide) groups is 1. The number of hydrogen-bond acceptors (Lipinski definition) is 4. The average molecular weight is 306 g/mol. The number of nitrogens with one attached hydrogen (secondary N) is 1. The van der Waals surface area contributed by atoms with Crippen molar-refractivity contribution in [3.05, 3.63) is 71.1 Å². The van der Waals surface area contributed by atoms with Gasteiger partial charge in [0.25, 0.3) is 0 Å². The molecule has 1 aliphatic heterocycles. The third kappa shape index (κ3) is 2.19. The zero-order valence-corrected chi connectivity index (χ0v) is 12.8. The van der Waals surface area contributed by atoms with Crippen LogP contribution in [0.15, 0.2) is 65.2 Å². The molecule has 5 heteroatoms. The first-order valence-corrected chi connectivity index (χ1v) is 7.91. The van der Waals surface area contributed by atoms with Gasteiger partial charge >= 0.3 is 0 Å². The van der Waals surface area contributed by atoms with Crippen molar-refractivity contribution >= 4 is 17.5 Å². The Morgan fingerprint density at radius 3 is 2.55 bits per heavy atom. The van der Waals surface area contributed by atoms with Crippen LogP contribution in [0.25, 0.3) is 17.1 Å². The Hall–Kier alpha value is -2.53. The Labute approximate surface area is 132 Å². The Bertz CT molecular complexity index is 852. The first kappa shape index (κ1) is 13.2. The molecule has 1 N–H and O–H groups in total. The van der Waals surface area contributed by atoms with Crippen molar-refractivity contribution in [3.63, 3.8) is 0 Å². The third-order valence-corrected chi connectivity index (χ3v) is 4.44. The molecule has 0 saturated heterocycles. The molecule has 0 radical (unpaired) electrons. The molecule has 0 spiro atoms. The van der Waals surface area contributed by atoms with Crippen LogP contribution in [0.3, 0.4) is 0 Å². The van der Waals surface area contributed by atoms with Gasteiger partial charge in [0.2, 0.25) is 5.16 Å². The molecule has 0 unspecified atom stereocenters. The Morgan fingerprint density at radius 2 is 1.73 bits per heavy atom. The maximum absolute atomic E-state index is 4.31. The molecule has 4 rings (SSSR count). The van der Waals surface area contributed by atoms with Crippen molar-refractivity contribution in [2.24, 2.45) is 0 Å². The number of aromatic nitrogens is 3. The lowest BCUT2D eigenvalue weighted by Crippen LogP contribution is -2.18. The molecule has 0 bridgehead atoms. The summed E-state index contributed by atoms with van der Waals surface area (Å²) in [7, 11) is 0. The molecular formula is C17H14N4S. The van der Waals surface area contributed by atoms with Crippen LogP contribution in [0.5, 0.6) is 0 Å². The van der Waals surface area contributed by atoms with Gasteiger partial charge in [0.1, 0.15) is 0 Å². The maximum atomic E-state index is 4.31. The zero-order chi connectivity index (χ0) is 14.9. The van der Waals surface area contributed by atoms with E-state index in [1.54, 1.807) is 11.8 Å². The van der Waals surface area contributed by atoms with E-state index in [2.05, 4.69) is 52.2 Å². The predicted molar refractivity (Wildman–Crippen MR) is 89.8 cm³/mol. The summed E-state index contributed by atoms with van der Waals surface area (Å²) in [6, 6.07) is 18.4. The van der Waals surface area contributed by atoms with E-state index in [-0.39, 0.29) is 0 Å². The Morgan fingerprint density at radius 1 is 0.955 bits per heavy atom. The summed E-state index contributed by atoms with van der Waals surface area (Å²) >= 11 is 1.58. The standard InChI is InChI=1S/C17H14N4S/c1-12-7-5-6-10-14(12)15-11-22-17-19-18-16(21(17)20-15)13-8-3-2-4-9-13/h2-11,20H,1H3. The molecule has 2 heterocycles. The van der Waals surface area contributed by atoms with E-state index in [1.165, 1.54) is 11.1 Å². The highest BCUT2D eigenvalue weighted by Gasteiger charge is 2.19. The predicted octanol–water partition coefficient (Wildman–Crippen LogP) is 3.90. The molecule has 0 saturated carbocycles. The van der Waals surface area contributed by atoms with Gasteiger partial charge in [-0.2, -0.15) is 0 Å². The van der Waals surface area contributed by atoms with Gasteiger partial charge in [-0.15, -0.1) is 10.2 Å². The number of hydrogen-bond donors (Lipinski definition) is 1. The number of fused-ring (bicyclic) bond motifs is 1. The van der Waals surface area contributed by atoms with Crippen molar-refractivity contribution in [1.82, 2.24) is 14.9 Å². The Balaban J connectivity index is 1.74. The van der Waals surface area contributed by atoms with Gasteiger partial charge < -0.3 is 0 Å². The van der Waals surface area contributed by atoms with E-state index in [4.69, 9.17) is 0 Å². The molecule has 0 amide bonds. The molecular weight excluding hydrogens is 292 g/mol. The Kier molecular flexibility index (Phi) is 3.20. The van der Waals surface area contributed by atoms with E-state index in [0.29, 0.717) is 0 Å². The highest BCUT2D eigenvalue weighted by molar-refractivity contribution is 8.02. The minimum absolute atomic E-state index is 0.822. The van der Waals surface area contributed by atoms with Crippen LogP contribution in [-0.2, 0) is 0 Å². The van der Waals surface area contributed by atoms with Crippen molar-refractivity contribution in [1.29, 1.82) is 0 Å². The zero-order valence-electron chi connectivity index (χ0n) is 12.0. The second-order valence-electron chi connectivity index (χ2n) is 5.08. The van der Waals surface area contributed by atoms with Crippen LogP contribution in [0.4, 0.5) is 0 Å². The summed E-state index contributed by atoms with van der Waals surface area (Å²) in [6.45, 7) is 2.11. The summed E-state index contributed by atoms with van der Waals surface area (Å²) in [6.07, 6.45) is 0. The second kappa shape index (κ2) is 5.35. The molecule has 1 aromatic heterocycles. The number of aryl methyl sites for hydroxylation is 1. The highest BCUT2D eigenvalue weighted by Crippen LogP contribution is 2.31. The lowest BCUT2D eigenvalue weighted by Gasteiger charge is -2.20. The molecule has 0 atom stereocenters. The summed E-state index contributed by atoms with van der Waals surface area (Å²) in [5, 5.41) is 11.5. The number of benzene rings is 2. The lowest BCUT2D eigenvalue weighted by molar-refractivity contribution is 0.825. The first-order valence-electron chi connectivity index (χ1n) is 7.03. The molecule has 3 aromatic rings. The van der Waals surface area contributed by atoms with Crippen molar-refractivity contribution in [2.45, 2.75) is 12.1 Å². The van der Waals surface area contributed by atoms with Crippen LogP contribution in [0.1, 0.15) is 11.1 Å². The van der Waals surface area contributed by atoms with E-state index >= 15 is 0 Å². The van der Waals surface area contributed by atoms with Gasteiger partial charge in [-0.25, -0.2) is 4.68 Å². The fraction of sp³-hybridized carbons (Fsp3) is 0.0588. The summed E-state index contributed by atoms with van der Waals surface area (Å²) < 4.78 is 1.95. The minimum atomic E-state index is 0.822. The highest BCUT2D eigenvalue weighted by atomic mass is 32.2. The summed E-state index contributed by atoms with van der Waals surface area (Å²) in [5.41, 5.74) is 7.96. The molecule has 22 heavy (non-hydrogen) atoms. The van der Waals surface area contributed by atoms with Crippen molar-refractivity contribution < 1.29 is 0 Å². The number of rotatable bonds is 2. The molecule has 0 fully saturated rings. The monoisotopic (exact) mass is 306 g/mol. The fourth-order valence-corrected chi connectivity index (χ4v) is 3.21. The normalized spacial score (nSPS) is 13.2. The van der Waals surface area contributed by atoms with E-state index in [9.17, 15) is 0 Å². The number of nitrogens with zero attached hydrogens (tertiary/aromatic N) is 3. The molecule has 108 valence electrons. The summed E-state index contributed by atoms with van der Waals surface area (Å²) in [5.74, 6) is 0.822. The van der Waals surface area contributed by atoms with Gasteiger partial charge in [0, 0.05) is 16.5 Å². The SMILES string of the molecule is Cc1ccccc1C1=CSc2nnc(-c3ccccc3)n2N1. The molecule has 4 nitrogen and oxygen atoms in total. The van der Waals surface area contributed by atoms with Crippen LogP contribution >= 0.6 is 11.8 Å². The fourth-order valence-electron chi connectivity index (χ4n) is 2.48. The minimum Gasteiger partial charge on any atom is -0.289 e. The van der Waals surface area contributed by atoms with Crippen LogP contribution in [0, 0.1) is 6.92 Å². The first-order chi connectivity index (χ1) is 10.8. The lowest BCUT2D eigenvalue weighted by atomic mass is 10.1. The average Bonchev–Trinajstić information content (AvgIpc) is 2.99. The van der Waals surface area contributed by atoms with Gasteiger partial charge in [-0.05, 0) is 12.5 Å². The van der Waals surface area contributed by atoms with E-state index in [1.807, 2.05) is 35.0 Å². The molecule has 2 aromatic carbocycles. The van der Waals surface area contributed by atoms with Gasteiger partial charge in [-0.3, -0.25) is 5.43 Å². The largest absolute Gasteiger partial charge is 0.289 e. The second-order valence-corrected chi connectivity index (χ2v) is 5.92. The maximum Gasteiger partial charge on any atom is 0.214 e. The van der Waals surface area contributed by atoms with Crippen molar-refractivity contribution in [2.75, 3.05) is 5.43 Å². The summed E-state index contributed by atoms with van der Waals surface area (Å²) in [4.78, 5) is 0. The van der Waals surface area contributed by atoms with Crippen LogP contribution in [0.2, 0.25) is 0 Å². The van der Waals surface area contributed by atoms with Gasteiger partial charge in [-0.1, -0.05) is 66.4 Å². The van der Waals surface area contributed by atoms with Crippen LogP contribution in [-0.4, -0.2) is 14.9 Å². The molecule has 0 aliphatic carbocycles.